The normalized spacial score (nSPS) is 11.6. The summed E-state index contributed by atoms with van der Waals surface area (Å²) in [7, 11) is -3.87. The predicted octanol–water partition coefficient (Wildman–Crippen LogP) is 3.04. The van der Waals surface area contributed by atoms with Gasteiger partial charge in [-0.3, -0.25) is 0 Å². The molecule has 0 aliphatic heterocycles. The Labute approximate surface area is 109 Å². The van der Waals surface area contributed by atoms with Gasteiger partial charge in [0.2, 0.25) is 0 Å². The van der Waals surface area contributed by atoms with Crippen LogP contribution in [0.3, 0.4) is 0 Å². The smallest absolute Gasteiger partial charge is 0.248 e. The average molecular weight is 272 g/mol. The maximum atomic E-state index is 11.4. The number of benzene rings is 1. The highest BCUT2D eigenvalue weighted by atomic mass is 32.3. The maximum absolute atomic E-state index is 11.4. The standard InChI is InChI=1S/C13H20O4S/c1-2-3-4-8-11-16-18(14,15)17-12-13-9-6-5-7-10-13/h5-7,9-10H,2-4,8,11-12H2,1H3. The number of unbranched alkanes of at least 4 members (excludes halogenated alkanes) is 3. The molecule has 4 nitrogen and oxygen atoms in total. The summed E-state index contributed by atoms with van der Waals surface area (Å²) in [6, 6.07) is 9.13. The molecular weight excluding hydrogens is 252 g/mol. The van der Waals surface area contributed by atoms with Gasteiger partial charge in [0.25, 0.3) is 0 Å². The molecule has 102 valence electrons. The summed E-state index contributed by atoms with van der Waals surface area (Å²) >= 11 is 0. The van der Waals surface area contributed by atoms with E-state index >= 15 is 0 Å². The van der Waals surface area contributed by atoms with Gasteiger partial charge in [0, 0.05) is 0 Å². The van der Waals surface area contributed by atoms with Crippen LogP contribution >= 0.6 is 0 Å². The molecule has 0 unspecified atom stereocenters. The van der Waals surface area contributed by atoms with Crippen molar-refractivity contribution in [3.8, 4) is 0 Å². The van der Waals surface area contributed by atoms with Crippen LogP contribution in [0.5, 0.6) is 0 Å². The summed E-state index contributed by atoms with van der Waals surface area (Å²) < 4.78 is 32.3. The third kappa shape index (κ3) is 6.74. The van der Waals surface area contributed by atoms with Crippen molar-refractivity contribution in [3.05, 3.63) is 35.9 Å². The van der Waals surface area contributed by atoms with E-state index in [1.54, 1.807) is 12.1 Å². The third-order valence-electron chi connectivity index (χ3n) is 2.44. The summed E-state index contributed by atoms with van der Waals surface area (Å²) in [5.74, 6) is 0. The van der Waals surface area contributed by atoms with Gasteiger partial charge in [0.15, 0.2) is 0 Å². The Kier molecular flexibility index (Phi) is 6.93. The van der Waals surface area contributed by atoms with E-state index in [2.05, 4.69) is 6.92 Å². The third-order valence-corrected chi connectivity index (χ3v) is 3.30. The van der Waals surface area contributed by atoms with Crippen LogP contribution in [-0.2, 0) is 25.4 Å². The molecule has 0 atom stereocenters. The van der Waals surface area contributed by atoms with Crippen LogP contribution in [0.25, 0.3) is 0 Å². The second-order valence-electron chi connectivity index (χ2n) is 4.04. The van der Waals surface area contributed by atoms with E-state index in [4.69, 9.17) is 8.37 Å². The lowest BCUT2D eigenvalue weighted by Gasteiger charge is -2.06. The van der Waals surface area contributed by atoms with Crippen LogP contribution in [0.4, 0.5) is 0 Å². The fraction of sp³-hybridized carbons (Fsp3) is 0.538. The Morgan fingerprint density at radius 2 is 1.72 bits per heavy atom. The van der Waals surface area contributed by atoms with Crippen LogP contribution in [0.1, 0.15) is 38.2 Å². The first-order valence-electron chi connectivity index (χ1n) is 6.22. The van der Waals surface area contributed by atoms with Gasteiger partial charge in [-0.1, -0.05) is 56.5 Å². The van der Waals surface area contributed by atoms with Gasteiger partial charge in [0.05, 0.1) is 13.2 Å². The monoisotopic (exact) mass is 272 g/mol. The zero-order valence-electron chi connectivity index (χ0n) is 10.7. The maximum Gasteiger partial charge on any atom is 0.400 e. The summed E-state index contributed by atoms with van der Waals surface area (Å²) in [5.41, 5.74) is 0.802. The Morgan fingerprint density at radius 3 is 2.39 bits per heavy atom. The summed E-state index contributed by atoms with van der Waals surface area (Å²) in [5, 5.41) is 0. The first-order valence-corrected chi connectivity index (χ1v) is 7.55. The largest absolute Gasteiger partial charge is 0.400 e. The summed E-state index contributed by atoms with van der Waals surface area (Å²) in [6.07, 6.45) is 3.91. The molecule has 0 saturated carbocycles. The zero-order valence-corrected chi connectivity index (χ0v) is 11.5. The first-order chi connectivity index (χ1) is 8.64. The second kappa shape index (κ2) is 8.24. The van der Waals surface area contributed by atoms with Gasteiger partial charge < -0.3 is 0 Å². The van der Waals surface area contributed by atoms with E-state index in [0.29, 0.717) is 0 Å². The lowest BCUT2D eigenvalue weighted by molar-refractivity contribution is 0.205. The fourth-order valence-corrected chi connectivity index (χ4v) is 2.11. The number of hydrogen-bond acceptors (Lipinski definition) is 4. The van der Waals surface area contributed by atoms with E-state index in [-0.39, 0.29) is 13.2 Å². The molecule has 0 radical (unpaired) electrons. The molecule has 0 N–H and O–H groups in total. The van der Waals surface area contributed by atoms with Crippen molar-refractivity contribution in [1.82, 2.24) is 0 Å². The van der Waals surface area contributed by atoms with Crippen molar-refractivity contribution in [2.45, 2.75) is 39.2 Å². The van der Waals surface area contributed by atoms with Crippen LogP contribution in [0.2, 0.25) is 0 Å². The molecule has 0 aliphatic rings. The van der Waals surface area contributed by atoms with Crippen molar-refractivity contribution in [2.75, 3.05) is 6.61 Å². The highest BCUT2D eigenvalue weighted by Crippen LogP contribution is 2.07. The molecule has 0 fully saturated rings. The minimum atomic E-state index is -3.87. The molecule has 0 heterocycles. The van der Waals surface area contributed by atoms with Gasteiger partial charge >= 0.3 is 10.4 Å². The van der Waals surface area contributed by atoms with Gasteiger partial charge in [-0.2, -0.15) is 8.42 Å². The Bertz CT molecular complexity index is 414. The number of hydrogen-bond donors (Lipinski definition) is 0. The zero-order chi connectivity index (χ0) is 13.3. The molecule has 1 aromatic carbocycles. The number of rotatable bonds is 9. The second-order valence-corrected chi connectivity index (χ2v) is 5.33. The van der Waals surface area contributed by atoms with E-state index in [9.17, 15) is 8.42 Å². The van der Waals surface area contributed by atoms with E-state index in [1.165, 1.54) is 0 Å². The Morgan fingerprint density at radius 1 is 1.00 bits per heavy atom. The molecule has 0 aromatic heterocycles. The molecule has 18 heavy (non-hydrogen) atoms. The lowest BCUT2D eigenvalue weighted by atomic mass is 10.2. The van der Waals surface area contributed by atoms with Crippen LogP contribution < -0.4 is 0 Å². The summed E-state index contributed by atoms with van der Waals surface area (Å²) in [4.78, 5) is 0. The first kappa shape index (κ1) is 15.1. The average Bonchev–Trinajstić information content (AvgIpc) is 2.38. The van der Waals surface area contributed by atoms with Gasteiger partial charge in [-0.05, 0) is 12.0 Å². The molecular formula is C13H20O4S. The minimum Gasteiger partial charge on any atom is -0.248 e. The Hall–Kier alpha value is -0.910. The molecule has 0 bridgehead atoms. The van der Waals surface area contributed by atoms with Gasteiger partial charge in [0.1, 0.15) is 0 Å². The van der Waals surface area contributed by atoms with E-state index in [1.807, 2.05) is 18.2 Å². The van der Waals surface area contributed by atoms with Gasteiger partial charge in [-0.25, -0.2) is 8.37 Å². The van der Waals surface area contributed by atoms with Crippen LogP contribution in [0.15, 0.2) is 30.3 Å². The predicted molar refractivity (Wildman–Crippen MR) is 70.2 cm³/mol. The molecule has 1 rings (SSSR count). The molecule has 1 aromatic rings. The lowest BCUT2D eigenvalue weighted by Crippen LogP contribution is -2.11. The van der Waals surface area contributed by atoms with Crippen LogP contribution in [-0.4, -0.2) is 15.0 Å². The van der Waals surface area contributed by atoms with E-state index in [0.717, 1.165) is 31.2 Å². The highest BCUT2D eigenvalue weighted by Gasteiger charge is 2.11. The Balaban J connectivity index is 2.23. The molecule has 0 amide bonds. The molecule has 0 aliphatic carbocycles. The molecule has 5 heteroatoms. The van der Waals surface area contributed by atoms with Crippen molar-refractivity contribution in [1.29, 1.82) is 0 Å². The fourth-order valence-electron chi connectivity index (χ4n) is 1.44. The van der Waals surface area contributed by atoms with Gasteiger partial charge in [-0.15, -0.1) is 0 Å². The van der Waals surface area contributed by atoms with E-state index < -0.39 is 10.4 Å². The van der Waals surface area contributed by atoms with Crippen molar-refractivity contribution >= 4 is 10.4 Å². The topological polar surface area (TPSA) is 52.6 Å². The molecule has 0 saturated heterocycles. The quantitative estimate of drug-likeness (QED) is 0.648. The van der Waals surface area contributed by atoms with Crippen molar-refractivity contribution < 1.29 is 16.8 Å². The molecule has 0 spiro atoms. The summed E-state index contributed by atoms with van der Waals surface area (Å²) in [6.45, 7) is 2.30. The van der Waals surface area contributed by atoms with Crippen LogP contribution in [0, 0.1) is 0 Å². The highest BCUT2D eigenvalue weighted by molar-refractivity contribution is 7.81. The minimum absolute atomic E-state index is 0.0120. The SMILES string of the molecule is CCCCCCOS(=O)(=O)OCc1ccccc1. The van der Waals surface area contributed by atoms with Crippen molar-refractivity contribution in [3.63, 3.8) is 0 Å². The van der Waals surface area contributed by atoms with Crippen molar-refractivity contribution in [2.24, 2.45) is 0 Å².